The van der Waals surface area contributed by atoms with Gasteiger partial charge in [0.15, 0.2) is 0 Å². The molecule has 1 aromatic rings. The van der Waals surface area contributed by atoms with E-state index in [9.17, 15) is 19.2 Å². The minimum Gasteiger partial charge on any atom is -0.337 e. The molecule has 0 saturated carbocycles. The van der Waals surface area contributed by atoms with Gasteiger partial charge in [0.1, 0.15) is 11.2 Å². The van der Waals surface area contributed by atoms with Gasteiger partial charge in [0.2, 0.25) is 0 Å². The lowest BCUT2D eigenvalue weighted by Crippen LogP contribution is -2.55. The third kappa shape index (κ3) is 1.87. The summed E-state index contributed by atoms with van der Waals surface area (Å²) in [6, 6.07) is -0.496. The van der Waals surface area contributed by atoms with Gasteiger partial charge in [-0.1, -0.05) is 0 Å². The third-order valence-corrected chi connectivity index (χ3v) is 3.74. The highest BCUT2D eigenvalue weighted by molar-refractivity contribution is 6.07. The molecule has 106 valence electrons. The van der Waals surface area contributed by atoms with E-state index in [4.69, 9.17) is 0 Å². The average molecular weight is 279 g/mol. The lowest BCUT2D eigenvalue weighted by molar-refractivity contribution is -0.125. The molecule has 2 aliphatic heterocycles. The van der Waals surface area contributed by atoms with Crippen LogP contribution >= 0.6 is 0 Å². The standard InChI is InChI=1S/C11H13N5O4/c17-7(6-5-12-9(19)13-6)16-3-1-11(2-4-16)8(18)14-10(20)15-11/h5H,1-4H2,(H2,12,13,19)(H2,14,15,18,20). The summed E-state index contributed by atoms with van der Waals surface area (Å²) in [4.78, 5) is 52.4. The second-order valence-electron chi connectivity index (χ2n) is 4.94. The van der Waals surface area contributed by atoms with E-state index >= 15 is 0 Å². The fourth-order valence-corrected chi connectivity index (χ4v) is 2.59. The van der Waals surface area contributed by atoms with Gasteiger partial charge in [-0.15, -0.1) is 0 Å². The minimum atomic E-state index is -0.903. The molecule has 0 aliphatic carbocycles. The van der Waals surface area contributed by atoms with E-state index in [1.165, 1.54) is 6.20 Å². The van der Waals surface area contributed by atoms with E-state index < -0.39 is 17.3 Å². The Hall–Kier alpha value is -2.58. The molecule has 20 heavy (non-hydrogen) atoms. The zero-order chi connectivity index (χ0) is 14.3. The van der Waals surface area contributed by atoms with Crippen molar-refractivity contribution in [3.63, 3.8) is 0 Å². The Balaban J connectivity index is 1.70. The van der Waals surface area contributed by atoms with Crippen LogP contribution < -0.4 is 16.3 Å². The minimum absolute atomic E-state index is 0.186. The first-order valence-electron chi connectivity index (χ1n) is 6.21. The predicted octanol–water partition coefficient (Wildman–Crippen LogP) is -1.48. The Morgan fingerprint density at radius 3 is 2.40 bits per heavy atom. The molecule has 3 heterocycles. The second-order valence-corrected chi connectivity index (χ2v) is 4.94. The molecule has 9 nitrogen and oxygen atoms in total. The molecule has 4 N–H and O–H groups in total. The van der Waals surface area contributed by atoms with Crippen LogP contribution in [0.5, 0.6) is 0 Å². The molecule has 0 atom stereocenters. The Morgan fingerprint density at radius 1 is 1.20 bits per heavy atom. The van der Waals surface area contributed by atoms with Gasteiger partial charge in [0, 0.05) is 19.3 Å². The van der Waals surface area contributed by atoms with Crippen LogP contribution in [0.3, 0.4) is 0 Å². The quantitative estimate of drug-likeness (QED) is 0.467. The number of carbonyl (C=O) groups excluding carboxylic acids is 3. The molecule has 2 aliphatic rings. The zero-order valence-corrected chi connectivity index (χ0v) is 10.5. The smallest absolute Gasteiger partial charge is 0.323 e. The van der Waals surface area contributed by atoms with Crippen molar-refractivity contribution in [1.82, 2.24) is 25.5 Å². The number of imide groups is 1. The predicted molar refractivity (Wildman–Crippen MR) is 66.0 cm³/mol. The number of aromatic amines is 2. The summed E-state index contributed by atoms with van der Waals surface area (Å²) in [5.74, 6) is -0.646. The summed E-state index contributed by atoms with van der Waals surface area (Å²) < 4.78 is 0. The van der Waals surface area contributed by atoms with Crippen molar-refractivity contribution in [2.75, 3.05) is 13.1 Å². The number of hydrogen-bond acceptors (Lipinski definition) is 4. The van der Waals surface area contributed by atoms with Gasteiger partial charge < -0.3 is 20.2 Å². The molecular formula is C11H13N5O4. The van der Waals surface area contributed by atoms with Crippen LogP contribution in [0.25, 0.3) is 0 Å². The van der Waals surface area contributed by atoms with Crippen molar-refractivity contribution in [3.05, 3.63) is 22.4 Å². The molecule has 1 aromatic heterocycles. The number of aromatic nitrogens is 2. The molecule has 0 unspecified atom stereocenters. The number of nitrogens with one attached hydrogen (secondary N) is 4. The first kappa shape index (κ1) is 12.5. The molecule has 1 spiro atoms. The van der Waals surface area contributed by atoms with E-state index in [2.05, 4.69) is 20.6 Å². The first-order chi connectivity index (χ1) is 9.50. The van der Waals surface area contributed by atoms with Crippen LogP contribution in [0.2, 0.25) is 0 Å². The molecular weight excluding hydrogens is 266 g/mol. The summed E-state index contributed by atoms with van der Waals surface area (Å²) in [6.07, 6.45) is 2.02. The highest BCUT2D eigenvalue weighted by Crippen LogP contribution is 2.25. The van der Waals surface area contributed by atoms with Crippen molar-refractivity contribution in [2.24, 2.45) is 0 Å². The third-order valence-electron chi connectivity index (χ3n) is 3.74. The van der Waals surface area contributed by atoms with Crippen LogP contribution in [0.4, 0.5) is 4.79 Å². The van der Waals surface area contributed by atoms with Gasteiger partial charge in [-0.05, 0) is 12.8 Å². The Labute approximate surface area is 112 Å². The van der Waals surface area contributed by atoms with Gasteiger partial charge in [0.25, 0.3) is 11.8 Å². The molecule has 0 radical (unpaired) electrons. The summed E-state index contributed by atoms with van der Waals surface area (Å²) in [5.41, 5.74) is -1.16. The number of nitrogens with zero attached hydrogens (tertiary/aromatic N) is 1. The lowest BCUT2D eigenvalue weighted by atomic mass is 9.87. The number of imidazole rings is 1. The van der Waals surface area contributed by atoms with E-state index in [1.54, 1.807) is 4.90 Å². The maximum atomic E-state index is 12.1. The largest absolute Gasteiger partial charge is 0.337 e. The fraction of sp³-hybridized carbons (Fsp3) is 0.455. The fourth-order valence-electron chi connectivity index (χ4n) is 2.59. The average Bonchev–Trinajstić information content (AvgIpc) is 2.95. The Kier molecular flexibility index (Phi) is 2.63. The highest BCUT2D eigenvalue weighted by Gasteiger charge is 2.48. The topological polar surface area (TPSA) is 127 Å². The van der Waals surface area contributed by atoms with Crippen molar-refractivity contribution < 1.29 is 14.4 Å². The second kappa shape index (κ2) is 4.22. The monoisotopic (exact) mass is 279 g/mol. The zero-order valence-electron chi connectivity index (χ0n) is 10.5. The van der Waals surface area contributed by atoms with E-state index in [1.807, 2.05) is 0 Å². The highest BCUT2D eigenvalue weighted by atomic mass is 16.2. The Morgan fingerprint density at radius 2 is 1.90 bits per heavy atom. The van der Waals surface area contributed by atoms with Gasteiger partial charge in [-0.3, -0.25) is 14.9 Å². The summed E-state index contributed by atoms with van der Waals surface area (Å²) in [7, 11) is 0. The van der Waals surface area contributed by atoms with E-state index in [0.717, 1.165) is 0 Å². The molecule has 4 amide bonds. The number of H-pyrrole nitrogens is 2. The number of piperidine rings is 1. The summed E-state index contributed by atoms with van der Waals surface area (Å²) in [5, 5.41) is 4.83. The lowest BCUT2D eigenvalue weighted by Gasteiger charge is -2.36. The number of hydrogen-bond donors (Lipinski definition) is 4. The Bertz CT molecular complexity index is 637. The number of rotatable bonds is 1. The molecule has 2 fully saturated rings. The van der Waals surface area contributed by atoms with Crippen LogP contribution in [0.1, 0.15) is 23.3 Å². The van der Waals surface area contributed by atoms with E-state index in [0.29, 0.717) is 25.9 Å². The molecule has 0 bridgehead atoms. The van der Waals surface area contributed by atoms with Gasteiger partial charge in [-0.2, -0.15) is 0 Å². The maximum absolute atomic E-state index is 12.1. The van der Waals surface area contributed by atoms with E-state index in [-0.39, 0.29) is 17.5 Å². The van der Waals surface area contributed by atoms with Crippen molar-refractivity contribution in [1.29, 1.82) is 0 Å². The molecule has 3 rings (SSSR count). The van der Waals surface area contributed by atoms with Crippen LogP contribution in [-0.4, -0.2) is 51.3 Å². The van der Waals surface area contributed by atoms with Crippen molar-refractivity contribution in [2.45, 2.75) is 18.4 Å². The van der Waals surface area contributed by atoms with Crippen molar-refractivity contribution >= 4 is 17.8 Å². The van der Waals surface area contributed by atoms with Crippen LogP contribution in [0, 0.1) is 0 Å². The number of amides is 4. The van der Waals surface area contributed by atoms with Crippen molar-refractivity contribution in [3.8, 4) is 0 Å². The van der Waals surface area contributed by atoms with Crippen LogP contribution in [-0.2, 0) is 4.79 Å². The molecule has 0 aromatic carbocycles. The number of urea groups is 1. The van der Waals surface area contributed by atoms with Gasteiger partial charge in [-0.25, -0.2) is 9.59 Å². The normalized spacial score (nSPS) is 20.9. The first-order valence-corrected chi connectivity index (χ1v) is 6.21. The van der Waals surface area contributed by atoms with Gasteiger partial charge >= 0.3 is 11.7 Å². The molecule has 2 saturated heterocycles. The van der Waals surface area contributed by atoms with Crippen LogP contribution in [0.15, 0.2) is 11.0 Å². The summed E-state index contributed by atoms with van der Waals surface area (Å²) in [6.45, 7) is 0.666. The SMILES string of the molecule is O=C1NC(=O)C2(CCN(C(=O)c3c[nH]c(=O)[nH]3)CC2)N1. The summed E-state index contributed by atoms with van der Waals surface area (Å²) >= 11 is 0. The number of carbonyl (C=O) groups is 3. The number of likely N-dealkylation sites (tertiary alicyclic amines) is 1. The maximum Gasteiger partial charge on any atom is 0.323 e. The molecule has 9 heteroatoms. The van der Waals surface area contributed by atoms with Gasteiger partial charge in [0.05, 0.1) is 0 Å².